The Morgan fingerprint density at radius 1 is 1.25 bits per heavy atom. The highest BCUT2D eigenvalue weighted by Crippen LogP contribution is 2.29. The van der Waals surface area contributed by atoms with Crippen molar-refractivity contribution in [2.45, 2.75) is 26.5 Å². The monoisotopic (exact) mass is 555 g/mol. The Morgan fingerprint density at radius 2 is 2.06 bits per heavy atom. The third-order valence-electron chi connectivity index (χ3n) is 5.22. The first-order chi connectivity index (χ1) is 15.2. The fraction of sp³-hybridized carbons (Fsp3) is 0.458. The molecule has 0 saturated carbocycles. The number of hydrogen-bond donors (Lipinski definition) is 2. The molecule has 1 aliphatic rings. The van der Waals surface area contributed by atoms with Crippen LogP contribution in [0.1, 0.15) is 29.7 Å². The van der Waals surface area contributed by atoms with E-state index in [-0.39, 0.29) is 43.3 Å². The second-order valence-corrected chi connectivity index (χ2v) is 7.39. The van der Waals surface area contributed by atoms with Gasteiger partial charge < -0.3 is 29.5 Å². The molecule has 1 saturated heterocycles. The Morgan fingerprint density at radius 3 is 2.78 bits per heavy atom. The van der Waals surface area contributed by atoms with Crippen molar-refractivity contribution in [2.24, 2.45) is 4.99 Å². The van der Waals surface area contributed by atoms with Gasteiger partial charge >= 0.3 is 0 Å². The van der Waals surface area contributed by atoms with Gasteiger partial charge in [0.05, 0.1) is 33.4 Å². The number of aliphatic imine (C=N–C) groups is 1. The molecule has 0 bridgehead atoms. The topological polar surface area (TPSA) is 75.6 Å². The molecule has 2 N–H and O–H groups in total. The molecular formula is C24H34IN3O4. The van der Waals surface area contributed by atoms with E-state index < -0.39 is 0 Å². The molecule has 2 aromatic rings. The second kappa shape index (κ2) is 13.5. The number of aliphatic hydroxyl groups excluding tert-OH is 1. The van der Waals surface area contributed by atoms with E-state index >= 15 is 0 Å². The Balaban J connectivity index is 0.00000363. The minimum atomic E-state index is -0.0374. The van der Waals surface area contributed by atoms with Crippen molar-refractivity contribution in [3.05, 3.63) is 59.2 Å². The molecule has 0 radical (unpaired) electrons. The van der Waals surface area contributed by atoms with Gasteiger partial charge in [-0.1, -0.05) is 30.3 Å². The van der Waals surface area contributed by atoms with Gasteiger partial charge in [0.2, 0.25) is 0 Å². The van der Waals surface area contributed by atoms with Crippen LogP contribution in [0.2, 0.25) is 0 Å². The van der Waals surface area contributed by atoms with Crippen LogP contribution in [0.5, 0.6) is 11.5 Å². The van der Waals surface area contributed by atoms with Crippen molar-refractivity contribution in [1.29, 1.82) is 0 Å². The molecule has 32 heavy (non-hydrogen) atoms. The van der Waals surface area contributed by atoms with Gasteiger partial charge in [0.1, 0.15) is 12.7 Å². The lowest BCUT2D eigenvalue weighted by atomic mass is 10.0. The highest BCUT2D eigenvalue weighted by molar-refractivity contribution is 14.0. The number of ether oxygens (including phenoxy) is 3. The summed E-state index contributed by atoms with van der Waals surface area (Å²) in [5.74, 6) is 2.13. The molecule has 1 unspecified atom stereocenters. The summed E-state index contributed by atoms with van der Waals surface area (Å²) in [4.78, 5) is 7.13. The summed E-state index contributed by atoms with van der Waals surface area (Å²) in [6, 6.07) is 14.1. The van der Waals surface area contributed by atoms with Gasteiger partial charge in [0.25, 0.3) is 0 Å². The second-order valence-electron chi connectivity index (χ2n) is 7.39. The molecule has 8 heteroatoms. The van der Waals surface area contributed by atoms with Crippen LogP contribution in [-0.4, -0.2) is 62.5 Å². The van der Waals surface area contributed by atoms with Gasteiger partial charge in [-0.2, -0.15) is 0 Å². The standard InChI is InChI=1S/C24H33N3O4.HI/c1-4-25-24(26-16-19-9-10-21(31-14-12-28)22(15-19)29-3)27-11-13-30-23(17-27)20-8-6-5-7-18(20)2;/h5-10,15,23,28H,4,11-14,16-17H2,1-3H3,(H,25,26);1H. The van der Waals surface area contributed by atoms with Gasteiger partial charge in [-0.25, -0.2) is 4.99 Å². The van der Waals surface area contributed by atoms with Crippen LogP contribution >= 0.6 is 24.0 Å². The average molecular weight is 555 g/mol. The molecule has 0 aliphatic carbocycles. The van der Waals surface area contributed by atoms with Gasteiger partial charge in [-0.3, -0.25) is 0 Å². The Labute approximate surface area is 207 Å². The Bertz CT molecular complexity index is 878. The number of morpholine rings is 1. The zero-order valence-electron chi connectivity index (χ0n) is 19.0. The van der Waals surface area contributed by atoms with E-state index in [1.807, 2.05) is 18.2 Å². The van der Waals surface area contributed by atoms with Crippen molar-refractivity contribution in [2.75, 3.05) is 46.6 Å². The van der Waals surface area contributed by atoms with Gasteiger partial charge in [-0.15, -0.1) is 24.0 Å². The van der Waals surface area contributed by atoms with Crippen molar-refractivity contribution < 1.29 is 19.3 Å². The summed E-state index contributed by atoms with van der Waals surface area (Å²) in [7, 11) is 1.61. The van der Waals surface area contributed by atoms with Gasteiger partial charge in [0.15, 0.2) is 17.5 Å². The predicted octanol–water partition coefficient (Wildman–Crippen LogP) is 3.53. The van der Waals surface area contributed by atoms with Gasteiger partial charge in [-0.05, 0) is 42.7 Å². The smallest absolute Gasteiger partial charge is 0.194 e. The number of methoxy groups -OCH3 is 1. The SMILES string of the molecule is CCNC(=NCc1ccc(OCCO)c(OC)c1)N1CCOC(c2ccccc2C)C1.I. The van der Waals surface area contributed by atoms with Crippen molar-refractivity contribution in [1.82, 2.24) is 10.2 Å². The van der Waals surface area contributed by atoms with E-state index in [4.69, 9.17) is 24.3 Å². The van der Waals surface area contributed by atoms with E-state index in [1.165, 1.54) is 11.1 Å². The number of nitrogens with zero attached hydrogens (tertiary/aromatic N) is 2. The first kappa shape index (κ1) is 26.2. The van der Waals surface area contributed by atoms with Crippen molar-refractivity contribution in [3.63, 3.8) is 0 Å². The maximum Gasteiger partial charge on any atom is 0.194 e. The molecule has 3 rings (SSSR count). The quantitative estimate of drug-likeness (QED) is 0.295. The number of rotatable bonds is 8. The molecule has 0 aromatic heterocycles. The van der Waals surface area contributed by atoms with E-state index in [9.17, 15) is 0 Å². The third kappa shape index (κ3) is 6.98. The summed E-state index contributed by atoms with van der Waals surface area (Å²) in [6.45, 7) is 7.92. The number of benzene rings is 2. The minimum Gasteiger partial charge on any atom is -0.493 e. The molecule has 1 atom stereocenters. The van der Waals surface area contributed by atoms with Crippen LogP contribution in [0, 0.1) is 6.92 Å². The third-order valence-corrected chi connectivity index (χ3v) is 5.22. The van der Waals surface area contributed by atoms with E-state index in [1.54, 1.807) is 7.11 Å². The highest BCUT2D eigenvalue weighted by Gasteiger charge is 2.25. The van der Waals surface area contributed by atoms with Crippen LogP contribution in [0.4, 0.5) is 0 Å². The van der Waals surface area contributed by atoms with Crippen molar-refractivity contribution in [3.8, 4) is 11.5 Å². The van der Waals surface area contributed by atoms with E-state index in [0.717, 1.165) is 31.2 Å². The Kier molecular flexibility index (Phi) is 11.1. The van der Waals surface area contributed by atoms with Crippen molar-refractivity contribution >= 4 is 29.9 Å². The maximum absolute atomic E-state index is 8.97. The maximum atomic E-state index is 8.97. The molecule has 1 aliphatic heterocycles. The first-order valence-electron chi connectivity index (χ1n) is 10.8. The number of guanidine groups is 1. The van der Waals surface area contributed by atoms with Crippen LogP contribution in [0.3, 0.4) is 0 Å². The van der Waals surface area contributed by atoms with E-state index in [2.05, 4.69) is 48.3 Å². The van der Waals surface area contributed by atoms with Crippen LogP contribution in [-0.2, 0) is 11.3 Å². The minimum absolute atomic E-state index is 0. The average Bonchev–Trinajstić information content (AvgIpc) is 2.81. The summed E-state index contributed by atoms with van der Waals surface area (Å²) in [5, 5.41) is 12.4. The van der Waals surface area contributed by atoms with Crippen LogP contribution < -0.4 is 14.8 Å². The fourth-order valence-electron chi connectivity index (χ4n) is 3.66. The number of halogens is 1. The zero-order chi connectivity index (χ0) is 22.1. The van der Waals surface area contributed by atoms with Crippen LogP contribution in [0.15, 0.2) is 47.5 Å². The number of hydrogen-bond acceptors (Lipinski definition) is 5. The predicted molar refractivity (Wildman–Crippen MR) is 137 cm³/mol. The number of aryl methyl sites for hydroxylation is 1. The molecule has 0 spiro atoms. The highest BCUT2D eigenvalue weighted by atomic mass is 127. The van der Waals surface area contributed by atoms with E-state index in [0.29, 0.717) is 24.7 Å². The number of aliphatic hydroxyl groups is 1. The molecule has 2 aromatic carbocycles. The summed E-state index contributed by atoms with van der Waals surface area (Å²) < 4.78 is 17.0. The lowest BCUT2D eigenvalue weighted by Gasteiger charge is -2.35. The molecule has 7 nitrogen and oxygen atoms in total. The molecule has 1 fully saturated rings. The fourth-order valence-corrected chi connectivity index (χ4v) is 3.66. The largest absolute Gasteiger partial charge is 0.493 e. The normalized spacial score (nSPS) is 16.3. The van der Waals surface area contributed by atoms with Crippen LogP contribution in [0.25, 0.3) is 0 Å². The Hall–Kier alpha value is -2.04. The molecule has 0 amide bonds. The van der Waals surface area contributed by atoms with Gasteiger partial charge in [0, 0.05) is 13.1 Å². The summed E-state index contributed by atoms with van der Waals surface area (Å²) in [6.07, 6.45) is 0.0295. The summed E-state index contributed by atoms with van der Waals surface area (Å²) >= 11 is 0. The molecular weight excluding hydrogens is 521 g/mol. The molecule has 1 heterocycles. The first-order valence-corrected chi connectivity index (χ1v) is 10.8. The zero-order valence-corrected chi connectivity index (χ0v) is 21.4. The number of nitrogens with one attached hydrogen (secondary N) is 1. The lowest BCUT2D eigenvalue weighted by molar-refractivity contribution is -0.00834. The summed E-state index contributed by atoms with van der Waals surface area (Å²) in [5.41, 5.74) is 3.49. The molecule has 176 valence electrons. The lowest BCUT2D eigenvalue weighted by Crippen LogP contribution is -2.48.